The molecule has 0 N–H and O–H groups in total. The molecule has 0 amide bonds. The van der Waals surface area contributed by atoms with Crippen LogP contribution in [0.2, 0.25) is 0 Å². The Morgan fingerprint density at radius 2 is 2.00 bits per heavy atom. The number of hydrogen-bond donors (Lipinski definition) is 0. The Morgan fingerprint density at radius 3 is 2.53 bits per heavy atom. The van der Waals surface area contributed by atoms with Gasteiger partial charge in [0.25, 0.3) is 0 Å². The zero-order chi connectivity index (χ0) is 10.8. The lowest BCUT2D eigenvalue weighted by Crippen LogP contribution is -2.43. The molecule has 3 unspecified atom stereocenters. The van der Waals surface area contributed by atoms with Crippen molar-refractivity contribution in [1.82, 2.24) is 4.90 Å². The van der Waals surface area contributed by atoms with Crippen molar-refractivity contribution in [3.05, 3.63) is 0 Å². The molecule has 2 saturated carbocycles. The Labute approximate surface area is 93.3 Å². The van der Waals surface area contributed by atoms with Gasteiger partial charge in [-0.15, -0.1) is 0 Å². The molecule has 2 nitrogen and oxygen atoms in total. The van der Waals surface area contributed by atoms with Gasteiger partial charge in [0.1, 0.15) is 0 Å². The lowest BCUT2D eigenvalue weighted by molar-refractivity contribution is 0.117. The number of nitrogens with zero attached hydrogens (tertiary/aromatic N) is 2. The Hall–Kier alpha value is -0.550. The van der Waals surface area contributed by atoms with Crippen molar-refractivity contribution in [2.24, 2.45) is 11.8 Å². The molecule has 2 aliphatic rings. The molecule has 2 fully saturated rings. The Balaban J connectivity index is 2.00. The highest BCUT2D eigenvalue weighted by Crippen LogP contribution is 2.37. The van der Waals surface area contributed by atoms with Crippen LogP contribution in [0.1, 0.15) is 45.4 Å². The van der Waals surface area contributed by atoms with Crippen LogP contribution >= 0.6 is 0 Å². The fraction of sp³-hybridized carbons (Fsp3) is 0.923. The smallest absolute Gasteiger partial charge is 0.0672 e. The maximum atomic E-state index is 9.19. The molecule has 0 aliphatic heterocycles. The van der Waals surface area contributed by atoms with Gasteiger partial charge in [-0.2, -0.15) is 5.26 Å². The molecule has 0 aromatic rings. The van der Waals surface area contributed by atoms with Gasteiger partial charge in [-0.1, -0.05) is 13.3 Å². The second-order valence-electron chi connectivity index (χ2n) is 5.29. The number of hydrogen-bond acceptors (Lipinski definition) is 2. The highest BCUT2D eigenvalue weighted by atomic mass is 15.2. The van der Waals surface area contributed by atoms with Crippen LogP contribution in [-0.2, 0) is 0 Å². The summed E-state index contributed by atoms with van der Waals surface area (Å²) in [7, 11) is 2.23. The maximum Gasteiger partial charge on any atom is 0.0672 e. The standard InChI is InChI=1S/C13H22N2/c1-3-10-4-5-11(9-14)13(8-10)15(2)12-6-7-12/h10-13H,3-8H2,1-2H3. The van der Waals surface area contributed by atoms with E-state index >= 15 is 0 Å². The Kier molecular flexibility index (Phi) is 3.31. The van der Waals surface area contributed by atoms with Crippen molar-refractivity contribution in [3.8, 4) is 6.07 Å². The van der Waals surface area contributed by atoms with E-state index in [2.05, 4.69) is 24.9 Å². The molecular formula is C13H22N2. The van der Waals surface area contributed by atoms with Crippen molar-refractivity contribution in [1.29, 1.82) is 5.26 Å². The SMILES string of the molecule is CCC1CCC(C#N)C(N(C)C2CC2)C1. The molecule has 2 rings (SSSR count). The van der Waals surface area contributed by atoms with Crippen LogP contribution in [0.15, 0.2) is 0 Å². The number of nitriles is 1. The topological polar surface area (TPSA) is 27.0 Å². The molecular weight excluding hydrogens is 184 g/mol. The monoisotopic (exact) mass is 206 g/mol. The van der Waals surface area contributed by atoms with Gasteiger partial charge < -0.3 is 0 Å². The van der Waals surface area contributed by atoms with Crippen LogP contribution in [-0.4, -0.2) is 24.0 Å². The fourth-order valence-electron chi connectivity index (χ4n) is 2.96. The van der Waals surface area contributed by atoms with Crippen molar-refractivity contribution < 1.29 is 0 Å². The lowest BCUT2D eigenvalue weighted by atomic mass is 9.77. The molecule has 0 aromatic carbocycles. The summed E-state index contributed by atoms with van der Waals surface area (Å²) < 4.78 is 0. The van der Waals surface area contributed by atoms with Gasteiger partial charge in [-0.05, 0) is 45.1 Å². The van der Waals surface area contributed by atoms with Gasteiger partial charge in [0, 0.05) is 12.1 Å². The van der Waals surface area contributed by atoms with E-state index in [0.717, 1.165) is 18.4 Å². The minimum absolute atomic E-state index is 0.290. The summed E-state index contributed by atoms with van der Waals surface area (Å²) in [6.07, 6.45) is 7.62. The molecule has 84 valence electrons. The molecule has 15 heavy (non-hydrogen) atoms. The molecule has 0 saturated heterocycles. The van der Waals surface area contributed by atoms with Gasteiger partial charge in [-0.25, -0.2) is 0 Å². The van der Waals surface area contributed by atoms with Gasteiger partial charge in [0.15, 0.2) is 0 Å². The van der Waals surface area contributed by atoms with Crippen molar-refractivity contribution in [2.45, 2.75) is 57.5 Å². The molecule has 2 heteroatoms. The van der Waals surface area contributed by atoms with E-state index < -0.39 is 0 Å². The average Bonchev–Trinajstić information content (AvgIpc) is 3.11. The summed E-state index contributed by atoms with van der Waals surface area (Å²) in [5.74, 6) is 1.15. The summed E-state index contributed by atoms with van der Waals surface area (Å²) >= 11 is 0. The quantitative estimate of drug-likeness (QED) is 0.710. The maximum absolute atomic E-state index is 9.19. The third-order valence-electron chi connectivity index (χ3n) is 4.31. The predicted molar refractivity (Wildman–Crippen MR) is 61.3 cm³/mol. The molecule has 0 heterocycles. The molecule has 0 radical (unpaired) electrons. The molecule has 3 atom stereocenters. The van der Waals surface area contributed by atoms with Crippen molar-refractivity contribution in [3.63, 3.8) is 0 Å². The Morgan fingerprint density at radius 1 is 1.27 bits per heavy atom. The molecule has 2 aliphatic carbocycles. The van der Waals surface area contributed by atoms with Gasteiger partial charge >= 0.3 is 0 Å². The van der Waals surface area contributed by atoms with E-state index in [1.807, 2.05) is 0 Å². The summed E-state index contributed by atoms with van der Waals surface area (Å²) in [6, 6.07) is 3.86. The summed E-state index contributed by atoms with van der Waals surface area (Å²) in [5, 5.41) is 9.19. The van der Waals surface area contributed by atoms with Crippen LogP contribution in [0.5, 0.6) is 0 Å². The summed E-state index contributed by atoms with van der Waals surface area (Å²) in [6.45, 7) is 2.28. The van der Waals surface area contributed by atoms with Crippen LogP contribution in [0.25, 0.3) is 0 Å². The number of rotatable bonds is 3. The van der Waals surface area contributed by atoms with Crippen LogP contribution in [0.4, 0.5) is 0 Å². The van der Waals surface area contributed by atoms with E-state index in [0.29, 0.717) is 12.0 Å². The third-order valence-corrected chi connectivity index (χ3v) is 4.31. The third kappa shape index (κ3) is 2.34. The first-order valence-corrected chi connectivity index (χ1v) is 6.37. The summed E-state index contributed by atoms with van der Waals surface area (Å²) in [4.78, 5) is 2.50. The zero-order valence-electron chi connectivity index (χ0n) is 9.95. The second kappa shape index (κ2) is 4.53. The fourth-order valence-corrected chi connectivity index (χ4v) is 2.96. The van der Waals surface area contributed by atoms with Gasteiger partial charge in [0.2, 0.25) is 0 Å². The highest BCUT2D eigenvalue weighted by molar-refractivity contribution is 5.00. The average molecular weight is 206 g/mol. The first-order valence-electron chi connectivity index (χ1n) is 6.37. The minimum Gasteiger partial charge on any atom is -0.299 e. The van der Waals surface area contributed by atoms with E-state index in [9.17, 15) is 5.26 Å². The second-order valence-corrected chi connectivity index (χ2v) is 5.29. The van der Waals surface area contributed by atoms with Crippen molar-refractivity contribution >= 4 is 0 Å². The minimum atomic E-state index is 0.290. The Bertz CT molecular complexity index is 252. The van der Waals surface area contributed by atoms with Crippen LogP contribution < -0.4 is 0 Å². The van der Waals surface area contributed by atoms with E-state index in [1.54, 1.807) is 0 Å². The van der Waals surface area contributed by atoms with Crippen LogP contribution in [0, 0.1) is 23.2 Å². The normalized spacial score (nSPS) is 36.5. The largest absolute Gasteiger partial charge is 0.299 e. The van der Waals surface area contributed by atoms with E-state index in [-0.39, 0.29) is 0 Å². The first kappa shape index (κ1) is 11.0. The van der Waals surface area contributed by atoms with Gasteiger partial charge in [0.05, 0.1) is 12.0 Å². The zero-order valence-corrected chi connectivity index (χ0v) is 9.95. The van der Waals surface area contributed by atoms with Crippen molar-refractivity contribution in [2.75, 3.05) is 7.05 Å². The molecule has 0 bridgehead atoms. The molecule has 0 aromatic heterocycles. The lowest BCUT2D eigenvalue weighted by Gasteiger charge is -2.38. The van der Waals surface area contributed by atoms with Gasteiger partial charge in [-0.3, -0.25) is 4.90 Å². The summed E-state index contributed by atoms with van der Waals surface area (Å²) in [5.41, 5.74) is 0. The van der Waals surface area contributed by atoms with Crippen LogP contribution in [0.3, 0.4) is 0 Å². The predicted octanol–water partition coefficient (Wildman–Crippen LogP) is 2.80. The van der Waals surface area contributed by atoms with E-state index in [1.165, 1.54) is 32.1 Å². The molecule has 0 spiro atoms. The first-order chi connectivity index (χ1) is 7.26. The highest BCUT2D eigenvalue weighted by Gasteiger charge is 2.38. The van der Waals surface area contributed by atoms with E-state index in [4.69, 9.17) is 0 Å².